The van der Waals surface area contributed by atoms with Gasteiger partial charge in [0.15, 0.2) is 9.84 Å². The van der Waals surface area contributed by atoms with Gasteiger partial charge in [0.05, 0.1) is 10.4 Å². The topological polar surface area (TPSA) is 72.0 Å². The lowest BCUT2D eigenvalue weighted by atomic mass is 10.2. The van der Waals surface area contributed by atoms with Crippen LogP contribution < -0.4 is 5.32 Å². The van der Waals surface area contributed by atoms with Crippen molar-refractivity contribution >= 4 is 26.6 Å². The Morgan fingerprint density at radius 3 is 2.63 bits per heavy atom. The van der Waals surface area contributed by atoms with E-state index in [2.05, 4.69) is 29.1 Å². The van der Waals surface area contributed by atoms with Crippen molar-refractivity contribution < 1.29 is 8.42 Å². The lowest BCUT2D eigenvalue weighted by Crippen LogP contribution is -2.10. The van der Waals surface area contributed by atoms with Crippen LogP contribution in [0.25, 0.3) is 10.9 Å². The number of nitrogens with zero attached hydrogens (tertiary/aromatic N) is 2. The molecule has 1 N–H and O–H groups in total. The van der Waals surface area contributed by atoms with E-state index < -0.39 is 9.84 Å². The quantitative estimate of drug-likeness (QED) is 0.928. The Hall–Kier alpha value is -1.69. The molecule has 102 valence electrons. The van der Waals surface area contributed by atoms with Crippen molar-refractivity contribution in [1.82, 2.24) is 9.97 Å². The van der Waals surface area contributed by atoms with Crippen molar-refractivity contribution in [2.24, 2.45) is 5.92 Å². The molecule has 0 radical (unpaired) electrons. The smallest absolute Gasteiger partial charge is 0.175 e. The second kappa shape index (κ2) is 5.13. The molecule has 0 aliphatic rings. The lowest BCUT2D eigenvalue weighted by Gasteiger charge is -2.10. The maximum atomic E-state index is 11.6. The standard InChI is InChI=1S/C13H17N3O2S/c1-9(2)7-14-13-11-6-10(19(3,17)18)4-5-12(11)15-8-16-13/h4-6,8-9H,7H2,1-3H3,(H,14,15,16). The van der Waals surface area contributed by atoms with E-state index in [4.69, 9.17) is 0 Å². The zero-order valence-electron chi connectivity index (χ0n) is 11.2. The van der Waals surface area contributed by atoms with Gasteiger partial charge in [-0.25, -0.2) is 18.4 Å². The fraction of sp³-hybridized carbons (Fsp3) is 0.385. The lowest BCUT2D eigenvalue weighted by molar-refractivity contribution is 0.602. The summed E-state index contributed by atoms with van der Waals surface area (Å²) in [6.07, 6.45) is 2.67. The first-order valence-corrected chi connectivity index (χ1v) is 7.96. The zero-order chi connectivity index (χ0) is 14.0. The number of aromatic nitrogens is 2. The Balaban J connectivity index is 2.52. The predicted molar refractivity (Wildman–Crippen MR) is 76.0 cm³/mol. The summed E-state index contributed by atoms with van der Waals surface area (Å²) >= 11 is 0. The van der Waals surface area contributed by atoms with E-state index >= 15 is 0 Å². The van der Waals surface area contributed by atoms with Crippen LogP contribution in [0.4, 0.5) is 5.82 Å². The summed E-state index contributed by atoms with van der Waals surface area (Å²) in [6.45, 7) is 4.96. The average molecular weight is 279 g/mol. The van der Waals surface area contributed by atoms with Crippen molar-refractivity contribution in [1.29, 1.82) is 0 Å². The zero-order valence-corrected chi connectivity index (χ0v) is 12.0. The van der Waals surface area contributed by atoms with Crippen molar-refractivity contribution in [2.75, 3.05) is 18.1 Å². The number of benzene rings is 1. The molecule has 0 atom stereocenters. The highest BCUT2D eigenvalue weighted by Crippen LogP contribution is 2.23. The molecule has 19 heavy (non-hydrogen) atoms. The minimum atomic E-state index is -3.23. The molecule has 2 aromatic rings. The van der Waals surface area contributed by atoms with Gasteiger partial charge in [-0.1, -0.05) is 13.8 Å². The van der Waals surface area contributed by atoms with Crippen molar-refractivity contribution in [3.63, 3.8) is 0 Å². The molecule has 1 aromatic heterocycles. The molecular formula is C13H17N3O2S. The van der Waals surface area contributed by atoms with Gasteiger partial charge in [-0.15, -0.1) is 0 Å². The maximum Gasteiger partial charge on any atom is 0.175 e. The van der Waals surface area contributed by atoms with Crippen LogP contribution in [0.2, 0.25) is 0 Å². The summed E-state index contributed by atoms with van der Waals surface area (Å²) in [6, 6.07) is 4.89. The summed E-state index contributed by atoms with van der Waals surface area (Å²) in [4.78, 5) is 8.61. The summed E-state index contributed by atoms with van der Waals surface area (Å²) < 4.78 is 23.2. The monoisotopic (exact) mass is 279 g/mol. The molecule has 0 saturated carbocycles. The Labute approximate surface area is 113 Å². The van der Waals surface area contributed by atoms with Gasteiger partial charge in [0.25, 0.3) is 0 Å². The van der Waals surface area contributed by atoms with Crippen molar-refractivity contribution in [3.8, 4) is 0 Å². The van der Waals surface area contributed by atoms with Gasteiger partial charge >= 0.3 is 0 Å². The summed E-state index contributed by atoms with van der Waals surface area (Å²) in [7, 11) is -3.23. The van der Waals surface area contributed by atoms with Crippen LogP contribution in [0.1, 0.15) is 13.8 Å². The molecule has 0 aliphatic carbocycles. The van der Waals surface area contributed by atoms with Gasteiger partial charge in [0.2, 0.25) is 0 Å². The van der Waals surface area contributed by atoms with Gasteiger partial charge in [-0.3, -0.25) is 0 Å². The van der Waals surface area contributed by atoms with Gasteiger partial charge in [0, 0.05) is 18.2 Å². The molecule has 1 heterocycles. The number of fused-ring (bicyclic) bond motifs is 1. The molecule has 0 spiro atoms. The molecule has 6 heteroatoms. The normalized spacial score (nSPS) is 12.0. The van der Waals surface area contributed by atoms with E-state index in [9.17, 15) is 8.42 Å². The Morgan fingerprint density at radius 1 is 1.26 bits per heavy atom. The van der Waals surface area contributed by atoms with Crippen LogP contribution in [0.5, 0.6) is 0 Å². The van der Waals surface area contributed by atoms with Crippen LogP contribution in [-0.2, 0) is 9.84 Å². The minimum Gasteiger partial charge on any atom is -0.369 e. The second-order valence-corrected chi connectivity index (χ2v) is 6.96. The predicted octanol–water partition coefficient (Wildman–Crippen LogP) is 2.10. The molecule has 0 aliphatic heterocycles. The number of anilines is 1. The first-order chi connectivity index (χ1) is 8.88. The first-order valence-electron chi connectivity index (χ1n) is 6.06. The Kier molecular flexibility index (Phi) is 3.71. The van der Waals surface area contributed by atoms with Crippen molar-refractivity contribution in [2.45, 2.75) is 18.7 Å². The Morgan fingerprint density at radius 2 is 2.00 bits per heavy atom. The third-order valence-corrected chi connectivity index (χ3v) is 3.82. The van der Waals surface area contributed by atoms with Gasteiger partial charge in [0.1, 0.15) is 12.1 Å². The van der Waals surface area contributed by atoms with Gasteiger partial charge in [-0.05, 0) is 24.1 Å². The summed E-state index contributed by atoms with van der Waals surface area (Å²) in [5.74, 6) is 1.15. The van der Waals surface area contributed by atoms with E-state index in [0.29, 0.717) is 11.7 Å². The van der Waals surface area contributed by atoms with E-state index in [1.54, 1.807) is 18.2 Å². The minimum absolute atomic E-state index is 0.280. The van der Waals surface area contributed by atoms with Gasteiger partial charge < -0.3 is 5.32 Å². The van der Waals surface area contributed by atoms with E-state index in [0.717, 1.165) is 17.4 Å². The van der Waals surface area contributed by atoms with Crippen LogP contribution >= 0.6 is 0 Å². The molecule has 0 bridgehead atoms. The largest absolute Gasteiger partial charge is 0.369 e. The molecule has 0 saturated heterocycles. The fourth-order valence-corrected chi connectivity index (χ4v) is 2.36. The first kappa shape index (κ1) is 13.7. The fourth-order valence-electron chi connectivity index (χ4n) is 1.71. The number of hydrogen-bond acceptors (Lipinski definition) is 5. The van der Waals surface area contributed by atoms with Crippen LogP contribution in [0.15, 0.2) is 29.4 Å². The molecular weight excluding hydrogens is 262 g/mol. The second-order valence-electron chi connectivity index (χ2n) is 4.95. The highest BCUT2D eigenvalue weighted by molar-refractivity contribution is 7.90. The number of sulfone groups is 1. The molecule has 2 rings (SSSR count). The summed E-state index contributed by atoms with van der Waals surface area (Å²) in [5, 5.41) is 3.95. The molecule has 5 nitrogen and oxygen atoms in total. The molecule has 0 unspecified atom stereocenters. The van der Waals surface area contributed by atoms with E-state index in [-0.39, 0.29) is 4.90 Å². The van der Waals surface area contributed by atoms with E-state index in [1.807, 2.05) is 0 Å². The molecule has 0 fully saturated rings. The van der Waals surface area contributed by atoms with Crippen LogP contribution in [0.3, 0.4) is 0 Å². The van der Waals surface area contributed by atoms with E-state index in [1.165, 1.54) is 12.6 Å². The third kappa shape index (κ3) is 3.20. The SMILES string of the molecule is CC(C)CNc1ncnc2ccc(S(C)(=O)=O)cc12. The summed E-state index contributed by atoms with van der Waals surface area (Å²) in [5.41, 5.74) is 0.730. The highest BCUT2D eigenvalue weighted by atomic mass is 32.2. The van der Waals surface area contributed by atoms with Crippen LogP contribution in [-0.4, -0.2) is 31.2 Å². The number of rotatable bonds is 4. The van der Waals surface area contributed by atoms with Gasteiger partial charge in [-0.2, -0.15) is 0 Å². The van der Waals surface area contributed by atoms with Crippen molar-refractivity contribution in [3.05, 3.63) is 24.5 Å². The molecule has 1 aromatic carbocycles. The average Bonchev–Trinajstić information content (AvgIpc) is 2.34. The third-order valence-electron chi connectivity index (χ3n) is 2.71. The Bertz CT molecular complexity index is 696. The number of nitrogens with one attached hydrogen (secondary N) is 1. The number of hydrogen-bond donors (Lipinski definition) is 1. The van der Waals surface area contributed by atoms with Crippen LogP contribution in [0, 0.1) is 5.92 Å². The highest BCUT2D eigenvalue weighted by Gasteiger charge is 2.11. The maximum absolute atomic E-state index is 11.6. The molecule has 0 amide bonds.